The molecule has 10 nitrogen and oxygen atoms in total. The summed E-state index contributed by atoms with van der Waals surface area (Å²) >= 11 is 0. The number of hydrogen-bond acceptors (Lipinski definition) is 8. The van der Waals surface area contributed by atoms with Crippen molar-refractivity contribution >= 4 is 120 Å². The lowest BCUT2D eigenvalue weighted by molar-refractivity contribution is 0.666. The van der Waals surface area contributed by atoms with Crippen LogP contribution < -0.4 is 0 Å². The maximum atomic E-state index is 7.07. The molecule has 0 amide bonds. The smallest absolute Gasteiger partial charge is 0.164 e. The van der Waals surface area contributed by atoms with Gasteiger partial charge in [-0.15, -0.1) is 0 Å². The van der Waals surface area contributed by atoms with Crippen LogP contribution in [0, 0.1) is 0 Å². The van der Waals surface area contributed by atoms with E-state index in [0.29, 0.717) is 34.9 Å². The average molecular weight is 1430 g/mol. The van der Waals surface area contributed by atoms with Crippen molar-refractivity contribution in [1.82, 2.24) is 39.0 Å². The standard InChI is InChI=1S/C102H60N8O2/c1-3-20-61(21-4-1)63-38-43-67(44-39-63)98-103-99(107-101(106-98)81-52-56-87(95-93(81)79-32-13-17-36-89(79)111-95)109-83-34-15-11-30-77(83)91-75-29-10-9-23-65(75)49-54-85(91)109)68-45-40-64(41-46-68)70-27-19-28-71(58-70)72-48-51-76-73(59-72)50-55-86-92(76)78-31-12-16-35-84(78)110(86)88-57-53-82(94-80-33-14-18-37-90(80)112-96(88)94)102-105-97(66-24-5-2-6-25-66)104-100(108-102)74-47-42-62-22-7-8-26-69(62)60-74/h1-60H. The van der Waals surface area contributed by atoms with Crippen molar-refractivity contribution in [2.24, 2.45) is 0 Å². The van der Waals surface area contributed by atoms with Crippen LogP contribution in [0.15, 0.2) is 373 Å². The van der Waals surface area contributed by atoms with E-state index < -0.39 is 0 Å². The van der Waals surface area contributed by atoms with E-state index >= 15 is 0 Å². The first kappa shape index (κ1) is 62.9. The Morgan fingerprint density at radius 2 is 0.545 bits per heavy atom. The second kappa shape index (κ2) is 25.2. The SMILES string of the molecule is c1ccc(-c2ccc(-c3nc(-c4ccc(-c5cccc(-c6ccc7c(ccc8c7c7ccccc7n8-c7ccc(-c8nc(-c9ccccc9)nc(-c9ccc%10ccccc%10c9)n8)c8c7oc7ccccc78)c6)c5)cc4)nc(-c4ccc(-n5c6ccccc6c6c7ccccc7ccc65)c5oc6ccccc6c45)n3)cc2)cc1. The molecule has 0 atom stereocenters. The summed E-state index contributed by atoms with van der Waals surface area (Å²) in [7, 11) is 0. The van der Waals surface area contributed by atoms with Gasteiger partial charge in [0.1, 0.15) is 11.2 Å². The highest BCUT2D eigenvalue weighted by Crippen LogP contribution is 2.47. The van der Waals surface area contributed by atoms with E-state index in [1.54, 1.807) is 0 Å². The van der Waals surface area contributed by atoms with Crippen LogP contribution in [0.4, 0.5) is 0 Å². The Morgan fingerprint density at radius 1 is 0.188 bits per heavy atom. The van der Waals surface area contributed by atoms with E-state index in [4.69, 9.17) is 38.7 Å². The van der Waals surface area contributed by atoms with Gasteiger partial charge in [0.25, 0.3) is 0 Å². The number of aromatic nitrogens is 8. The van der Waals surface area contributed by atoms with E-state index in [2.05, 4.69) is 312 Å². The number of fused-ring (bicyclic) bond motifs is 17. The zero-order valence-corrected chi connectivity index (χ0v) is 60.0. The second-order valence-corrected chi connectivity index (χ2v) is 28.8. The highest BCUT2D eigenvalue weighted by molar-refractivity contribution is 6.25. The number of hydrogen-bond donors (Lipinski definition) is 0. The molecule has 23 aromatic rings. The molecule has 520 valence electrons. The predicted molar refractivity (Wildman–Crippen MR) is 458 cm³/mol. The Balaban J connectivity index is 0.610. The van der Waals surface area contributed by atoms with Gasteiger partial charge in [-0.2, -0.15) is 0 Å². The summed E-state index contributed by atoms with van der Waals surface area (Å²) in [6.07, 6.45) is 0. The van der Waals surface area contributed by atoms with Crippen LogP contribution in [-0.2, 0) is 0 Å². The van der Waals surface area contributed by atoms with Gasteiger partial charge in [0.05, 0.1) is 33.4 Å². The van der Waals surface area contributed by atoms with Gasteiger partial charge in [0.15, 0.2) is 46.1 Å². The van der Waals surface area contributed by atoms with Gasteiger partial charge >= 0.3 is 0 Å². The molecule has 0 N–H and O–H groups in total. The second-order valence-electron chi connectivity index (χ2n) is 28.8. The molecule has 0 saturated heterocycles. The molecule has 6 heterocycles. The number of para-hydroxylation sites is 4. The van der Waals surface area contributed by atoms with E-state index in [1.807, 2.05) is 60.7 Å². The Morgan fingerprint density at radius 3 is 1.12 bits per heavy atom. The zero-order chi connectivity index (χ0) is 73.5. The van der Waals surface area contributed by atoms with Crippen LogP contribution in [0.25, 0.3) is 233 Å². The van der Waals surface area contributed by atoms with Crippen LogP contribution in [0.1, 0.15) is 0 Å². The molecule has 0 aliphatic heterocycles. The maximum absolute atomic E-state index is 7.07. The summed E-state index contributed by atoms with van der Waals surface area (Å²) < 4.78 is 18.8. The summed E-state index contributed by atoms with van der Waals surface area (Å²) in [5.74, 6) is 3.41. The van der Waals surface area contributed by atoms with Crippen molar-refractivity contribution in [2.75, 3.05) is 0 Å². The van der Waals surface area contributed by atoms with Crippen molar-refractivity contribution < 1.29 is 8.83 Å². The van der Waals surface area contributed by atoms with Crippen LogP contribution in [0.3, 0.4) is 0 Å². The summed E-state index contributed by atoms with van der Waals surface area (Å²) in [5, 5.41) is 15.4. The largest absolute Gasteiger partial charge is 0.454 e. The molecule has 0 spiro atoms. The molecule has 0 unspecified atom stereocenters. The quantitative estimate of drug-likeness (QED) is 0.126. The molecule has 10 heteroatoms. The lowest BCUT2D eigenvalue weighted by Gasteiger charge is -2.13. The summed E-state index contributed by atoms with van der Waals surface area (Å²) in [6, 6.07) is 128. The van der Waals surface area contributed by atoms with Gasteiger partial charge in [-0.1, -0.05) is 285 Å². The molecule has 17 aromatic carbocycles. The predicted octanol–water partition coefficient (Wildman–Crippen LogP) is 26.5. The zero-order valence-electron chi connectivity index (χ0n) is 60.0. The van der Waals surface area contributed by atoms with Crippen LogP contribution in [0.2, 0.25) is 0 Å². The first-order valence-electron chi connectivity index (χ1n) is 37.7. The lowest BCUT2D eigenvalue weighted by atomic mass is 9.95. The topological polar surface area (TPSA) is 113 Å². The van der Waals surface area contributed by atoms with E-state index in [0.717, 1.165) is 176 Å². The normalized spacial score (nSPS) is 11.9. The number of benzene rings is 17. The minimum atomic E-state index is 0.541. The lowest BCUT2D eigenvalue weighted by Crippen LogP contribution is -2.01. The molecule has 6 aromatic heterocycles. The summed E-state index contributed by atoms with van der Waals surface area (Å²) in [4.78, 5) is 31.9. The molecule has 0 bridgehead atoms. The van der Waals surface area contributed by atoms with Crippen molar-refractivity contribution in [3.63, 3.8) is 0 Å². The monoisotopic (exact) mass is 1430 g/mol. The van der Waals surface area contributed by atoms with Gasteiger partial charge in [-0.25, -0.2) is 29.9 Å². The Bertz CT molecular complexity index is 7810. The Labute approximate surface area is 640 Å². The molecule has 0 fully saturated rings. The van der Waals surface area contributed by atoms with E-state index in [1.165, 1.54) is 21.5 Å². The molecule has 0 aliphatic carbocycles. The molecular formula is C102H60N8O2. The highest BCUT2D eigenvalue weighted by atomic mass is 16.3. The molecule has 0 aliphatic rings. The minimum Gasteiger partial charge on any atom is -0.454 e. The van der Waals surface area contributed by atoms with Crippen LogP contribution >= 0.6 is 0 Å². The van der Waals surface area contributed by atoms with E-state index in [9.17, 15) is 0 Å². The average Bonchev–Trinajstić information content (AvgIpc) is 1.56. The van der Waals surface area contributed by atoms with Crippen LogP contribution in [0.5, 0.6) is 0 Å². The van der Waals surface area contributed by atoms with Crippen molar-refractivity contribution in [1.29, 1.82) is 0 Å². The summed E-state index contributed by atoms with van der Waals surface area (Å²) in [6.45, 7) is 0. The van der Waals surface area contributed by atoms with E-state index in [-0.39, 0.29) is 0 Å². The maximum Gasteiger partial charge on any atom is 0.164 e. The fourth-order valence-corrected chi connectivity index (χ4v) is 17.1. The minimum absolute atomic E-state index is 0.541. The van der Waals surface area contributed by atoms with Crippen molar-refractivity contribution in [3.8, 4) is 113 Å². The third kappa shape index (κ3) is 10.1. The number of rotatable bonds is 11. The van der Waals surface area contributed by atoms with Crippen LogP contribution in [-0.4, -0.2) is 39.0 Å². The van der Waals surface area contributed by atoms with Gasteiger partial charge < -0.3 is 18.0 Å². The number of nitrogens with zero attached hydrogens (tertiary/aromatic N) is 8. The summed E-state index contributed by atoms with van der Waals surface area (Å²) in [5.41, 5.74) is 21.1. The Hall–Kier alpha value is -15.3. The Kier molecular flexibility index (Phi) is 14.1. The fourth-order valence-electron chi connectivity index (χ4n) is 17.1. The number of furan rings is 2. The van der Waals surface area contributed by atoms with Gasteiger partial charge in [-0.3, -0.25) is 0 Å². The molecule has 0 radical (unpaired) electrons. The van der Waals surface area contributed by atoms with Gasteiger partial charge in [0, 0.05) is 76.5 Å². The van der Waals surface area contributed by atoms with Gasteiger partial charge in [-0.05, 0) is 145 Å². The third-order valence-electron chi connectivity index (χ3n) is 22.4. The molecule has 0 saturated carbocycles. The highest BCUT2D eigenvalue weighted by Gasteiger charge is 2.27. The van der Waals surface area contributed by atoms with Gasteiger partial charge in [0.2, 0.25) is 0 Å². The third-order valence-corrected chi connectivity index (χ3v) is 22.4. The first-order valence-corrected chi connectivity index (χ1v) is 37.7. The van der Waals surface area contributed by atoms with Crippen molar-refractivity contribution in [2.45, 2.75) is 0 Å². The molecule has 23 rings (SSSR count). The molecular weight excluding hydrogens is 1370 g/mol. The van der Waals surface area contributed by atoms with Crippen molar-refractivity contribution in [3.05, 3.63) is 364 Å². The molecule has 112 heavy (non-hydrogen) atoms. The fraction of sp³-hybridized carbons (Fsp3) is 0. The first-order chi connectivity index (χ1) is 55.5.